The van der Waals surface area contributed by atoms with Gasteiger partial charge in [0.15, 0.2) is 5.65 Å². The standard InChI is InChI=1S/C18H21FN6O/c1-24-9-7-20-5-6-21-17-4-8-25-18(23-17)15(11-22-25)14-10-13(26-12-24)2-3-16(14)19/h2-4,8,10-11,20H,5-7,9,12H2,1H3,(H,21,23). The lowest BCUT2D eigenvalue weighted by molar-refractivity contribution is 0.153. The second-order valence-electron chi connectivity index (χ2n) is 6.31. The van der Waals surface area contributed by atoms with E-state index < -0.39 is 0 Å². The van der Waals surface area contributed by atoms with Gasteiger partial charge in [0.25, 0.3) is 0 Å². The van der Waals surface area contributed by atoms with Crippen LogP contribution in [0.4, 0.5) is 10.2 Å². The second-order valence-corrected chi connectivity index (χ2v) is 6.31. The van der Waals surface area contributed by atoms with Crippen molar-refractivity contribution >= 4 is 11.5 Å². The monoisotopic (exact) mass is 356 g/mol. The van der Waals surface area contributed by atoms with Crippen LogP contribution in [0.1, 0.15) is 0 Å². The number of hydrogen-bond donors (Lipinski definition) is 2. The van der Waals surface area contributed by atoms with Gasteiger partial charge in [0, 0.05) is 43.5 Å². The van der Waals surface area contributed by atoms with Crippen LogP contribution in [0.15, 0.2) is 36.7 Å². The van der Waals surface area contributed by atoms with E-state index in [2.05, 4.69) is 25.6 Å². The summed E-state index contributed by atoms with van der Waals surface area (Å²) in [5, 5.41) is 11.0. The lowest BCUT2D eigenvalue weighted by Gasteiger charge is -2.18. The number of likely N-dealkylation sites (N-methyl/N-ethyl adjacent to an activating group) is 1. The third-order valence-corrected chi connectivity index (χ3v) is 4.33. The number of hydrogen-bond acceptors (Lipinski definition) is 6. The maximum Gasteiger partial charge on any atom is 0.165 e. The summed E-state index contributed by atoms with van der Waals surface area (Å²) in [5.74, 6) is 1.02. The van der Waals surface area contributed by atoms with Gasteiger partial charge in [0.05, 0.1) is 6.20 Å². The fourth-order valence-electron chi connectivity index (χ4n) is 2.88. The van der Waals surface area contributed by atoms with Gasteiger partial charge < -0.3 is 15.4 Å². The molecule has 3 aromatic rings. The molecule has 0 amide bonds. The molecule has 0 unspecified atom stereocenters. The zero-order valence-corrected chi connectivity index (χ0v) is 14.6. The molecule has 1 aromatic carbocycles. The van der Waals surface area contributed by atoms with Crippen LogP contribution in [0, 0.1) is 5.82 Å². The maximum absolute atomic E-state index is 14.5. The highest BCUT2D eigenvalue weighted by atomic mass is 19.1. The highest BCUT2D eigenvalue weighted by molar-refractivity contribution is 5.78. The van der Waals surface area contributed by atoms with Crippen molar-refractivity contribution in [2.24, 2.45) is 0 Å². The summed E-state index contributed by atoms with van der Waals surface area (Å²) < 4.78 is 21.9. The van der Waals surface area contributed by atoms with E-state index in [0.29, 0.717) is 29.3 Å². The first-order valence-corrected chi connectivity index (χ1v) is 8.61. The number of nitrogens with one attached hydrogen (secondary N) is 2. The van der Waals surface area contributed by atoms with E-state index in [-0.39, 0.29) is 5.82 Å². The van der Waals surface area contributed by atoms with E-state index in [1.54, 1.807) is 22.8 Å². The number of benzene rings is 1. The summed E-state index contributed by atoms with van der Waals surface area (Å²) in [7, 11) is 1.99. The molecule has 0 aliphatic carbocycles. The third kappa shape index (κ3) is 3.47. The highest BCUT2D eigenvalue weighted by Gasteiger charge is 2.15. The molecule has 2 aromatic heterocycles. The first-order chi connectivity index (χ1) is 12.7. The van der Waals surface area contributed by atoms with Gasteiger partial charge in [-0.3, -0.25) is 4.90 Å². The van der Waals surface area contributed by atoms with Crippen molar-refractivity contribution in [1.82, 2.24) is 24.8 Å². The van der Waals surface area contributed by atoms with Gasteiger partial charge in [-0.1, -0.05) is 0 Å². The van der Waals surface area contributed by atoms with Crippen molar-refractivity contribution in [3.8, 4) is 16.9 Å². The van der Waals surface area contributed by atoms with Gasteiger partial charge in [-0.2, -0.15) is 5.10 Å². The van der Waals surface area contributed by atoms with Crippen molar-refractivity contribution in [3.05, 3.63) is 42.5 Å². The molecular weight excluding hydrogens is 335 g/mol. The van der Waals surface area contributed by atoms with Crippen molar-refractivity contribution in [2.75, 3.05) is 45.3 Å². The Kier molecular flexibility index (Phi) is 4.68. The minimum Gasteiger partial charge on any atom is -0.478 e. The number of fused-ring (bicyclic) bond motifs is 4. The fraction of sp³-hybridized carbons (Fsp3) is 0.333. The number of nitrogens with zero attached hydrogens (tertiary/aromatic N) is 4. The first-order valence-electron chi connectivity index (χ1n) is 8.61. The number of aromatic nitrogens is 3. The van der Waals surface area contributed by atoms with E-state index in [1.807, 2.05) is 19.3 Å². The largest absolute Gasteiger partial charge is 0.478 e. The van der Waals surface area contributed by atoms with Crippen LogP contribution in [-0.4, -0.2) is 59.5 Å². The molecule has 136 valence electrons. The van der Waals surface area contributed by atoms with Crippen LogP contribution >= 0.6 is 0 Å². The third-order valence-electron chi connectivity index (χ3n) is 4.33. The Bertz CT molecular complexity index is 912. The molecule has 0 saturated heterocycles. The number of rotatable bonds is 0. The lowest BCUT2D eigenvalue weighted by atomic mass is 10.1. The van der Waals surface area contributed by atoms with Gasteiger partial charge in [0.1, 0.15) is 24.1 Å². The highest BCUT2D eigenvalue weighted by Crippen LogP contribution is 2.30. The molecule has 1 aliphatic rings. The summed E-state index contributed by atoms with van der Waals surface area (Å²) in [5.41, 5.74) is 1.66. The SMILES string of the molecule is CN1CCNCCNc2ccn3ncc(c3n2)-c2cc(ccc2F)OC1. The van der Waals surface area contributed by atoms with E-state index in [0.717, 1.165) is 32.0 Å². The minimum atomic E-state index is -0.328. The van der Waals surface area contributed by atoms with Gasteiger partial charge >= 0.3 is 0 Å². The Labute approximate surface area is 150 Å². The maximum atomic E-state index is 14.5. The Morgan fingerprint density at radius 1 is 1.15 bits per heavy atom. The molecule has 1 aliphatic heterocycles. The van der Waals surface area contributed by atoms with Crippen LogP contribution < -0.4 is 15.4 Å². The summed E-state index contributed by atoms with van der Waals surface area (Å²) in [6.07, 6.45) is 3.45. The number of anilines is 1. The molecule has 0 radical (unpaired) electrons. The van der Waals surface area contributed by atoms with Gasteiger partial charge in [-0.25, -0.2) is 13.9 Å². The Hall–Kier alpha value is -2.71. The Morgan fingerprint density at radius 2 is 2.08 bits per heavy atom. The smallest absolute Gasteiger partial charge is 0.165 e. The molecule has 8 heteroatoms. The van der Waals surface area contributed by atoms with Crippen molar-refractivity contribution in [2.45, 2.75) is 0 Å². The molecule has 0 fully saturated rings. The summed E-state index contributed by atoms with van der Waals surface area (Å²) in [4.78, 5) is 6.66. The van der Waals surface area contributed by atoms with Crippen LogP contribution in [-0.2, 0) is 0 Å². The predicted octanol–water partition coefficient (Wildman–Crippen LogP) is 1.82. The predicted molar refractivity (Wildman–Crippen MR) is 97.9 cm³/mol. The lowest BCUT2D eigenvalue weighted by Crippen LogP contribution is -2.33. The topological polar surface area (TPSA) is 66.7 Å². The minimum absolute atomic E-state index is 0.328. The molecule has 4 bridgehead atoms. The average Bonchev–Trinajstić information content (AvgIpc) is 3.06. The fourth-order valence-corrected chi connectivity index (χ4v) is 2.88. The Morgan fingerprint density at radius 3 is 3.00 bits per heavy atom. The average molecular weight is 356 g/mol. The van der Waals surface area contributed by atoms with E-state index in [1.165, 1.54) is 6.07 Å². The molecule has 0 atom stereocenters. The van der Waals surface area contributed by atoms with Crippen LogP contribution in [0.5, 0.6) is 5.75 Å². The summed E-state index contributed by atoms with van der Waals surface area (Å²) in [6.45, 7) is 3.71. The van der Waals surface area contributed by atoms with Gasteiger partial charge in [-0.05, 0) is 31.3 Å². The molecular formula is C18H21FN6O. The molecule has 2 N–H and O–H groups in total. The molecule has 7 nitrogen and oxygen atoms in total. The van der Waals surface area contributed by atoms with Crippen LogP contribution in [0.3, 0.4) is 0 Å². The van der Waals surface area contributed by atoms with Gasteiger partial charge in [0.2, 0.25) is 0 Å². The van der Waals surface area contributed by atoms with E-state index in [9.17, 15) is 4.39 Å². The van der Waals surface area contributed by atoms with Crippen molar-refractivity contribution < 1.29 is 9.13 Å². The Balaban J connectivity index is 1.77. The molecule has 3 heterocycles. The first kappa shape index (κ1) is 16.7. The van der Waals surface area contributed by atoms with Gasteiger partial charge in [-0.15, -0.1) is 0 Å². The van der Waals surface area contributed by atoms with Crippen LogP contribution in [0.25, 0.3) is 16.8 Å². The normalized spacial score (nSPS) is 16.4. The van der Waals surface area contributed by atoms with Crippen LogP contribution in [0.2, 0.25) is 0 Å². The second kappa shape index (κ2) is 7.27. The molecule has 0 saturated carbocycles. The summed E-state index contributed by atoms with van der Waals surface area (Å²) in [6, 6.07) is 6.61. The molecule has 4 rings (SSSR count). The zero-order valence-electron chi connectivity index (χ0n) is 14.6. The molecule has 26 heavy (non-hydrogen) atoms. The van der Waals surface area contributed by atoms with Crippen molar-refractivity contribution in [3.63, 3.8) is 0 Å². The van der Waals surface area contributed by atoms with E-state index >= 15 is 0 Å². The molecule has 0 spiro atoms. The van der Waals surface area contributed by atoms with Crippen molar-refractivity contribution in [1.29, 1.82) is 0 Å². The number of halogens is 1. The quantitative estimate of drug-likeness (QED) is 0.641. The number of ether oxygens (including phenoxy) is 1. The zero-order chi connectivity index (χ0) is 17.9. The van der Waals surface area contributed by atoms with E-state index in [4.69, 9.17) is 4.74 Å². The summed E-state index contributed by atoms with van der Waals surface area (Å²) >= 11 is 0.